The highest BCUT2D eigenvalue weighted by atomic mass is 19.1. The molecule has 0 spiro atoms. The van der Waals surface area contributed by atoms with Crippen molar-refractivity contribution >= 4 is 5.96 Å². The molecule has 7 heteroatoms. The Balaban J connectivity index is 1.99. The molecule has 0 aliphatic carbocycles. The first-order chi connectivity index (χ1) is 13.9. The number of aliphatic imine (C=N–C) groups is 1. The van der Waals surface area contributed by atoms with Gasteiger partial charge in [0.25, 0.3) is 0 Å². The normalized spacial score (nSPS) is 12.4. The SMILES string of the molecule is CCNC(=NCc1cc(C#N)ccc1F)NCC(O)c1ccc(OC(C)C)cc1. The fraction of sp³-hybridized carbons (Fsp3) is 0.364. The minimum atomic E-state index is -0.745. The predicted molar refractivity (Wildman–Crippen MR) is 111 cm³/mol. The minimum Gasteiger partial charge on any atom is -0.491 e. The molecule has 3 N–H and O–H groups in total. The molecular weight excluding hydrogens is 371 g/mol. The van der Waals surface area contributed by atoms with Crippen molar-refractivity contribution in [3.8, 4) is 11.8 Å². The number of benzene rings is 2. The third-order valence-electron chi connectivity index (χ3n) is 4.03. The largest absolute Gasteiger partial charge is 0.491 e. The molecule has 0 fully saturated rings. The molecule has 154 valence electrons. The Morgan fingerprint density at radius 1 is 1.21 bits per heavy atom. The Bertz CT molecular complexity index is 860. The summed E-state index contributed by atoms with van der Waals surface area (Å²) >= 11 is 0. The number of aliphatic hydroxyl groups excluding tert-OH is 1. The first-order valence-corrected chi connectivity index (χ1v) is 9.58. The zero-order chi connectivity index (χ0) is 21.2. The van der Waals surface area contributed by atoms with Crippen LogP contribution < -0.4 is 15.4 Å². The number of halogens is 1. The lowest BCUT2D eigenvalue weighted by Crippen LogP contribution is -2.39. The molecule has 2 aromatic rings. The van der Waals surface area contributed by atoms with E-state index < -0.39 is 11.9 Å². The topological polar surface area (TPSA) is 89.7 Å². The summed E-state index contributed by atoms with van der Waals surface area (Å²) in [5.41, 5.74) is 1.47. The van der Waals surface area contributed by atoms with Crippen LogP contribution in [0.1, 0.15) is 43.6 Å². The summed E-state index contributed by atoms with van der Waals surface area (Å²) in [7, 11) is 0. The van der Waals surface area contributed by atoms with Gasteiger partial charge in [0.05, 0.1) is 30.4 Å². The second-order valence-corrected chi connectivity index (χ2v) is 6.75. The van der Waals surface area contributed by atoms with Crippen molar-refractivity contribution < 1.29 is 14.2 Å². The third kappa shape index (κ3) is 7.09. The predicted octanol–water partition coefficient (Wildman–Crippen LogP) is 3.27. The third-order valence-corrected chi connectivity index (χ3v) is 4.03. The van der Waals surface area contributed by atoms with E-state index in [1.807, 2.05) is 51.1 Å². The highest BCUT2D eigenvalue weighted by Crippen LogP contribution is 2.18. The summed E-state index contributed by atoms with van der Waals surface area (Å²) in [6, 6.07) is 13.4. The standard InChI is InChI=1S/C22H27FN4O2/c1-4-25-22(26-13-18-11-16(12-24)5-10-20(18)23)27-14-21(28)17-6-8-19(9-7-17)29-15(2)3/h5-11,15,21,28H,4,13-14H2,1-3H3,(H2,25,26,27). The van der Waals surface area contributed by atoms with E-state index in [2.05, 4.69) is 15.6 Å². The lowest BCUT2D eigenvalue weighted by molar-refractivity contribution is 0.180. The Hall–Kier alpha value is -3.11. The van der Waals surface area contributed by atoms with E-state index in [-0.39, 0.29) is 19.2 Å². The van der Waals surface area contributed by atoms with Gasteiger partial charge in [0.1, 0.15) is 11.6 Å². The van der Waals surface area contributed by atoms with E-state index in [9.17, 15) is 9.50 Å². The molecule has 0 aliphatic rings. The Kier molecular flexibility index (Phi) is 8.44. The first kappa shape index (κ1) is 22.2. The summed E-state index contributed by atoms with van der Waals surface area (Å²) in [5.74, 6) is 0.792. The van der Waals surface area contributed by atoms with E-state index in [1.165, 1.54) is 18.2 Å². The molecule has 0 aliphatic heterocycles. The van der Waals surface area contributed by atoms with E-state index in [0.29, 0.717) is 23.6 Å². The summed E-state index contributed by atoms with van der Waals surface area (Å²) in [6.07, 6.45) is -0.657. The van der Waals surface area contributed by atoms with Crippen LogP contribution >= 0.6 is 0 Å². The molecule has 1 unspecified atom stereocenters. The molecule has 6 nitrogen and oxygen atoms in total. The molecule has 0 bridgehead atoms. The van der Waals surface area contributed by atoms with E-state index in [4.69, 9.17) is 10.00 Å². The summed E-state index contributed by atoms with van der Waals surface area (Å²) in [6.45, 7) is 6.75. The maximum Gasteiger partial charge on any atom is 0.191 e. The zero-order valence-corrected chi connectivity index (χ0v) is 16.9. The van der Waals surface area contributed by atoms with Crippen LogP contribution in [0.25, 0.3) is 0 Å². The van der Waals surface area contributed by atoms with E-state index in [1.54, 1.807) is 0 Å². The van der Waals surface area contributed by atoms with Gasteiger partial charge in [-0.2, -0.15) is 5.26 Å². The molecule has 0 amide bonds. The maximum absolute atomic E-state index is 13.9. The van der Waals surface area contributed by atoms with Gasteiger partial charge in [0.15, 0.2) is 5.96 Å². The second kappa shape index (κ2) is 11.0. The van der Waals surface area contributed by atoms with Crippen molar-refractivity contribution in [2.75, 3.05) is 13.1 Å². The number of hydrogen-bond acceptors (Lipinski definition) is 4. The highest BCUT2D eigenvalue weighted by molar-refractivity contribution is 5.79. The van der Waals surface area contributed by atoms with Crippen molar-refractivity contribution in [2.24, 2.45) is 4.99 Å². The van der Waals surface area contributed by atoms with Crippen molar-refractivity contribution in [3.05, 3.63) is 65.0 Å². The average molecular weight is 398 g/mol. The molecule has 1 atom stereocenters. The Morgan fingerprint density at radius 3 is 2.55 bits per heavy atom. The number of nitrogens with zero attached hydrogens (tertiary/aromatic N) is 2. The number of guanidine groups is 1. The second-order valence-electron chi connectivity index (χ2n) is 6.75. The molecule has 29 heavy (non-hydrogen) atoms. The number of ether oxygens (including phenoxy) is 1. The van der Waals surface area contributed by atoms with Crippen LogP contribution in [0.3, 0.4) is 0 Å². The molecule has 2 rings (SSSR count). The number of hydrogen-bond donors (Lipinski definition) is 3. The first-order valence-electron chi connectivity index (χ1n) is 9.58. The van der Waals surface area contributed by atoms with Crippen LogP contribution in [0.2, 0.25) is 0 Å². The van der Waals surface area contributed by atoms with Gasteiger partial charge in [-0.1, -0.05) is 12.1 Å². The fourth-order valence-electron chi connectivity index (χ4n) is 2.62. The van der Waals surface area contributed by atoms with Gasteiger partial charge < -0.3 is 20.5 Å². The maximum atomic E-state index is 13.9. The Morgan fingerprint density at radius 2 is 1.93 bits per heavy atom. The molecule has 0 radical (unpaired) electrons. The fourth-order valence-corrected chi connectivity index (χ4v) is 2.62. The smallest absolute Gasteiger partial charge is 0.191 e. The van der Waals surface area contributed by atoms with Gasteiger partial charge in [-0.3, -0.25) is 0 Å². The zero-order valence-electron chi connectivity index (χ0n) is 16.9. The molecule has 0 aromatic heterocycles. The van der Waals surface area contributed by atoms with Crippen LogP contribution in [-0.4, -0.2) is 30.3 Å². The number of nitrogens with one attached hydrogen (secondary N) is 2. The van der Waals surface area contributed by atoms with Crippen LogP contribution in [0.4, 0.5) is 4.39 Å². The van der Waals surface area contributed by atoms with Crippen molar-refractivity contribution in [3.63, 3.8) is 0 Å². The average Bonchev–Trinajstić information content (AvgIpc) is 2.71. The number of aliphatic hydroxyl groups is 1. The monoisotopic (exact) mass is 398 g/mol. The highest BCUT2D eigenvalue weighted by Gasteiger charge is 2.10. The number of rotatable bonds is 8. The number of nitriles is 1. The van der Waals surface area contributed by atoms with Gasteiger partial charge in [0, 0.05) is 18.7 Å². The molecular formula is C22H27FN4O2. The molecule has 2 aromatic carbocycles. The van der Waals surface area contributed by atoms with Gasteiger partial charge >= 0.3 is 0 Å². The van der Waals surface area contributed by atoms with Gasteiger partial charge in [-0.25, -0.2) is 9.38 Å². The lowest BCUT2D eigenvalue weighted by Gasteiger charge is -2.16. The van der Waals surface area contributed by atoms with Gasteiger partial charge in [0.2, 0.25) is 0 Å². The Labute approximate surface area is 171 Å². The van der Waals surface area contributed by atoms with Crippen LogP contribution in [0, 0.1) is 17.1 Å². The summed E-state index contributed by atoms with van der Waals surface area (Å²) in [4.78, 5) is 4.35. The molecule has 0 saturated carbocycles. The van der Waals surface area contributed by atoms with Crippen molar-refractivity contribution in [1.29, 1.82) is 5.26 Å². The van der Waals surface area contributed by atoms with Crippen molar-refractivity contribution in [2.45, 2.75) is 39.5 Å². The quantitative estimate of drug-likeness (QED) is 0.469. The van der Waals surface area contributed by atoms with E-state index in [0.717, 1.165) is 11.3 Å². The van der Waals surface area contributed by atoms with E-state index >= 15 is 0 Å². The van der Waals surface area contributed by atoms with Crippen molar-refractivity contribution in [1.82, 2.24) is 10.6 Å². The van der Waals surface area contributed by atoms with Crippen LogP contribution in [-0.2, 0) is 6.54 Å². The minimum absolute atomic E-state index is 0.0774. The molecule has 0 saturated heterocycles. The van der Waals surface area contributed by atoms with Gasteiger partial charge in [-0.15, -0.1) is 0 Å². The molecule has 0 heterocycles. The van der Waals surface area contributed by atoms with Gasteiger partial charge in [-0.05, 0) is 56.7 Å². The summed E-state index contributed by atoms with van der Waals surface area (Å²) in [5, 5.41) is 25.5. The summed E-state index contributed by atoms with van der Waals surface area (Å²) < 4.78 is 19.5. The van der Waals surface area contributed by atoms with Crippen LogP contribution in [0.5, 0.6) is 5.75 Å². The van der Waals surface area contributed by atoms with Crippen LogP contribution in [0.15, 0.2) is 47.5 Å². The lowest BCUT2D eigenvalue weighted by atomic mass is 10.1.